The van der Waals surface area contributed by atoms with Crippen LogP contribution in [0, 0.1) is 5.82 Å². The molecule has 3 aromatic carbocycles. The molecule has 0 bridgehead atoms. The number of halogens is 1. The zero-order valence-electron chi connectivity index (χ0n) is 24.4. The largest absolute Gasteiger partial charge is 0.368 e. The molecule has 1 aliphatic heterocycles. The molecule has 2 amide bonds. The van der Waals surface area contributed by atoms with E-state index in [0.717, 1.165) is 59.9 Å². The highest BCUT2D eigenvalue weighted by Crippen LogP contribution is 2.33. The van der Waals surface area contributed by atoms with Crippen LogP contribution < -0.4 is 20.9 Å². The number of nitrogens with zero attached hydrogens (tertiary/aromatic N) is 4. The van der Waals surface area contributed by atoms with Gasteiger partial charge in [0.1, 0.15) is 5.82 Å². The van der Waals surface area contributed by atoms with E-state index in [9.17, 15) is 14.0 Å². The molecule has 43 heavy (non-hydrogen) atoms. The number of hydrogen-bond acceptors (Lipinski definition) is 6. The van der Waals surface area contributed by atoms with Gasteiger partial charge in [-0.2, -0.15) is 0 Å². The van der Waals surface area contributed by atoms with E-state index in [2.05, 4.69) is 38.3 Å². The van der Waals surface area contributed by atoms with Gasteiger partial charge in [0.25, 0.3) is 5.91 Å². The number of nitrogens with one attached hydrogen (secondary N) is 1. The molecule has 1 aromatic heterocycles. The Bertz CT molecular complexity index is 1540. The van der Waals surface area contributed by atoms with E-state index in [1.165, 1.54) is 19.1 Å². The predicted octanol–water partition coefficient (Wildman–Crippen LogP) is 5.16. The molecule has 0 spiro atoms. The minimum Gasteiger partial charge on any atom is -0.368 e. The van der Waals surface area contributed by atoms with Crippen LogP contribution in [0.25, 0.3) is 11.1 Å². The summed E-state index contributed by atoms with van der Waals surface area (Å²) in [6, 6.07) is 24.4. The van der Waals surface area contributed by atoms with Gasteiger partial charge in [0.2, 0.25) is 5.91 Å². The van der Waals surface area contributed by atoms with Crippen molar-refractivity contribution in [1.29, 1.82) is 0 Å². The van der Waals surface area contributed by atoms with Gasteiger partial charge >= 0.3 is 0 Å². The number of carbonyl (C=O) groups excluding carboxylic acids is 2. The third-order valence-electron chi connectivity index (χ3n) is 7.58. The molecule has 1 saturated heterocycles. The lowest BCUT2D eigenvalue weighted by atomic mass is 10.0. The standard InChI is InChI=1S/C34H37FN6O2/c1-25(42)38-32-22-28(8-13-33(32)40-19-17-39(18-20-40)31-11-9-30(35)10-12-31)27-6-2-5-26(21-27)24-41(16-4-14-36)34(43)29-7-3-15-37-23-29/h2-3,5-13,15,21-23H,4,14,16-20,24,36H2,1H3,(H,38,42). The van der Waals surface area contributed by atoms with Crippen LogP contribution in [-0.4, -0.2) is 61.0 Å². The van der Waals surface area contributed by atoms with Gasteiger partial charge in [-0.1, -0.05) is 24.3 Å². The fourth-order valence-corrected chi connectivity index (χ4v) is 5.41. The quantitative estimate of drug-likeness (QED) is 0.269. The Morgan fingerprint density at radius 2 is 1.67 bits per heavy atom. The lowest BCUT2D eigenvalue weighted by molar-refractivity contribution is -0.114. The van der Waals surface area contributed by atoms with E-state index >= 15 is 0 Å². The van der Waals surface area contributed by atoms with Gasteiger partial charge in [-0.25, -0.2) is 4.39 Å². The summed E-state index contributed by atoms with van der Waals surface area (Å²) in [6.45, 7) is 6.10. The van der Waals surface area contributed by atoms with Gasteiger partial charge in [-0.05, 0) is 84.3 Å². The molecule has 222 valence electrons. The molecule has 5 rings (SSSR count). The van der Waals surface area contributed by atoms with Crippen molar-refractivity contribution in [3.63, 3.8) is 0 Å². The van der Waals surface area contributed by atoms with Crippen molar-refractivity contribution in [2.75, 3.05) is 54.4 Å². The zero-order valence-corrected chi connectivity index (χ0v) is 24.4. The first-order chi connectivity index (χ1) is 20.9. The summed E-state index contributed by atoms with van der Waals surface area (Å²) < 4.78 is 13.4. The SMILES string of the molecule is CC(=O)Nc1cc(-c2cccc(CN(CCCN)C(=O)c3cccnc3)c2)ccc1N1CCN(c2ccc(F)cc2)CC1. The van der Waals surface area contributed by atoms with Gasteiger partial charge in [-0.15, -0.1) is 0 Å². The average molecular weight is 581 g/mol. The third kappa shape index (κ3) is 7.55. The Labute approximate surface area is 251 Å². The van der Waals surface area contributed by atoms with Crippen LogP contribution in [-0.2, 0) is 11.3 Å². The van der Waals surface area contributed by atoms with Crippen LogP contribution in [0.15, 0.2) is 91.3 Å². The van der Waals surface area contributed by atoms with E-state index < -0.39 is 0 Å². The maximum absolute atomic E-state index is 13.4. The van der Waals surface area contributed by atoms with E-state index in [0.29, 0.717) is 31.6 Å². The molecular weight excluding hydrogens is 543 g/mol. The van der Waals surface area contributed by atoms with Crippen LogP contribution >= 0.6 is 0 Å². The second-order valence-corrected chi connectivity index (χ2v) is 10.7. The number of rotatable bonds is 10. The Morgan fingerprint density at radius 3 is 2.37 bits per heavy atom. The normalized spacial score (nSPS) is 13.1. The number of amides is 2. The number of hydrogen-bond donors (Lipinski definition) is 2. The fraction of sp³-hybridized carbons (Fsp3) is 0.265. The minimum absolute atomic E-state index is 0.0798. The molecule has 0 saturated carbocycles. The Hall–Kier alpha value is -4.76. The van der Waals surface area contributed by atoms with E-state index in [1.807, 2.05) is 36.4 Å². The molecular formula is C34H37FN6O2. The number of aromatic nitrogens is 1. The summed E-state index contributed by atoms with van der Waals surface area (Å²) in [4.78, 5) is 35.8. The van der Waals surface area contributed by atoms with E-state index in [1.54, 1.807) is 29.4 Å². The monoisotopic (exact) mass is 580 g/mol. The van der Waals surface area contributed by atoms with Gasteiger partial charge in [0, 0.05) is 64.3 Å². The summed E-state index contributed by atoms with van der Waals surface area (Å²) >= 11 is 0. The number of pyridine rings is 1. The fourth-order valence-electron chi connectivity index (χ4n) is 5.41. The van der Waals surface area contributed by atoms with Crippen molar-refractivity contribution in [3.8, 4) is 11.1 Å². The first-order valence-corrected chi connectivity index (χ1v) is 14.6. The molecule has 4 aromatic rings. The van der Waals surface area contributed by atoms with Crippen LogP contribution in [0.2, 0.25) is 0 Å². The molecule has 3 N–H and O–H groups in total. The first kappa shape index (κ1) is 29.7. The Kier molecular flexibility index (Phi) is 9.63. The summed E-state index contributed by atoms with van der Waals surface area (Å²) in [7, 11) is 0. The lowest BCUT2D eigenvalue weighted by Gasteiger charge is -2.38. The van der Waals surface area contributed by atoms with Gasteiger partial charge in [0.15, 0.2) is 0 Å². The average Bonchev–Trinajstić information content (AvgIpc) is 3.03. The van der Waals surface area contributed by atoms with Gasteiger partial charge in [0.05, 0.1) is 16.9 Å². The summed E-state index contributed by atoms with van der Waals surface area (Å²) in [5, 5.41) is 3.03. The van der Waals surface area contributed by atoms with Crippen molar-refractivity contribution in [1.82, 2.24) is 9.88 Å². The molecule has 0 radical (unpaired) electrons. The van der Waals surface area contributed by atoms with Crippen LogP contribution in [0.1, 0.15) is 29.3 Å². The smallest absolute Gasteiger partial charge is 0.255 e. The highest BCUT2D eigenvalue weighted by atomic mass is 19.1. The van der Waals surface area contributed by atoms with Crippen molar-refractivity contribution in [3.05, 3.63) is 108 Å². The van der Waals surface area contributed by atoms with Crippen LogP contribution in [0.4, 0.5) is 21.5 Å². The van der Waals surface area contributed by atoms with E-state index in [4.69, 9.17) is 5.73 Å². The molecule has 0 atom stereocenters. The van der Waals surface area contributed by atoms with Crippen molar-refractivity contribution in [2.24, 2.45) is 5.73 Å². The van der Waals surface area contributed by atoms with E-state index in [-0.39, 0.29) is 17.6 Å². The minimum atomic E-state index is -0.241. The van der Waals surface area contributed by atoms with Crippen LogP contribution in [0.3, 0.4) is 0 Å². The second kappa shape index (κ2) is 13.9. The van der Waals surface area contributed by atoms with Gasteiger partial charge in [-0.3, -0.25) is 14.6 Å². The summed E-state index contributed by atoms with van der Waals surface area (Å²) in [5.74, 6) is -0.458. The number of anilines is 3. The predicted molar refractivity (Wildman–Crippen MR) is 170 cm³/mol. The maximum atomic E-state index is 13.4. The maximum Gasteiger partial charge on any atom is 0.255 e. The Morgan fingerprint density at radius 1 is 0.930 bits per heavy atom. The zero-order chi connectivity index (χ0) is 30.2. The molecule has 0 unspecified atom stereocenters. The Balaban J connectivity index is 1.34. The molecule has 1 fully saturated rings. The number of benzene rings is 3. The molecule has 1 aliphatic rings. The van der Waals surface area contributed by atoms with Crippen molar-refractivity contribution in [2.45, 2.75) is 19.9 Å². The number of piperazine rings is 1. The van der Waals surface area contributed by atoms with Crippen molar-refractivity contribution < 1.29 is 14.0 Å². The lowest BCUT2D eigenvalue weighted by Crippen LogP contribution is -2.46. The highest BCUT2D eigenvalue weighted by Gasteiger charge is 2.21. The second-order valence-electron chi connectivity index (χ2n) is 10.7. The summed E-state index contributed by atoms with van der Waals surface area (Å²) in [6.07, 6.45) is 3.94. The topological polar surface area (TPSA) is 94.8 Å². The molecule has 8 nitrogen and oxygen atoms in total. The number of carbonyl (C=O) groups is 2. The molecule has 0 aliphatic carbocycles. The third-order valence-corrected chi connectivity index (χ3v) is 7.58. The first-order valence-electron chi connectivity index (χ1n) is 14.6. The molecule has 9 heteroatoms. The van der Waals surface area contributed by atoms with Gasteiger partial charge < -0.3 is 25.8 Å². The number of nitrogens with two attached hydrogens (primary N) is 1. The highest BCUT2D eigenvalue weighted by molar-refractivity contribution is 5.95. The summed E-state index contributed by atoms with van der Waals surface area (Å²) in [5.41, 5.74) is 12.0. The van der Waals surface area contributed by atoms with Crippen LogP contribution in [0.5, 0.6) is 0 Å². The van der Waals surface area contributed by atoms with Crippen molar-refractivity contribution >= 4 is 28.9 Å². The molecule has 2 heterocycles.